The van der Waals surface area contributed by atoms with Gasteiger partial charge in [-0.2, -0.15) is 5.10 Å². The first kappa shape index (κ1) is 23.1. The van der Waals surface area contributed by atoms with E-state index in [1.807, 2.05) is 64.2 Å². The van der Waals surface area contributed by atoms with Gasteiger partial charge in [0.2, 0.25) is 0 Å². The van der Waals surface area contributed by atoms with Crippen molar-refractivity contribution in [2.45, 2.75) is 25.9 Å². The number of aryl methyl sites for hydroxylation is 1. The molecule has 0 spiro atoms. The number of nitrogens with one attached hydrogen (secondary N) is 1. The fourth-order valence-corrected chi connectivity index (χ4v) is 5.19. The zero-order valence-corrected chi connectivity index (χ0v) is 21.1. The second-order valence-electron chi connectivity index (χ2n) is 9.03. The molecule has 0 aliphatic carbocycles. The number of aromatic nitrogens is 3. The third-order valence-electron chi connectivity index (χ3n) is 6.78. The number of urea groups is 1. The van der Waals surface area contributed by atoms with Gasteiger partial charge in [-0.05, 0) is 60.5 Å². The minimum atomic E-state index is -0.301. The largest absolute Gasteiger partial charge is 0.322 e. The molecule has 37 heavy (non-hydrogen) atoms. The molecule has 3 aromatic carbocycles. The van der Waals surface area contributed by atoms with Crippen LogP contribution in [-0.4, -0.2) is 25.3 Å². The summed E-state index contributed by atoms with van der Waals surface area (Å²) in [5.41, 5.74) is 5.71. The maximum Gasteiger partial charge on any atom is 0.322 e. The SMILES string of the molecule is CCc1nn(-c2ccccc2)c2c1CN(C(=O)Nc1ccc(Cl)cc1)C(c1ccccc1)c1cccn1-2. The van der Waals surface area contributed by atoms with E-state index in [9.17, 15) is 4.79 Å². The number of para-hydroxylation sites is 1. The number of benzene rings is 3. The van der Waals surface area contributed by atoms with Crippen molar-refractivity contribution in [3.63, 3.8) is 0 Å². The van der Waals surface area contributed by atoms with Crippen LogP contribution in [0.4, 0.5) is 10.5 Å². The molecule has 5 aromatic rings. The van der Waals surface area contributed by atoms with E-state index in [0.717, 1.165) is 40.4 Å². The Morgan fingerprint density at radius 1 is 0.946 bits per heavy atom. The first-order valence-electron chi connectivity index (χ1n) is 12.4. The Bertz CT molecular complexity index is 1540. The van der Waals surface area contributed by atoms with Crippen LogP contribution in [0.3, 0.4) is 0 Å². The van der Waals surface area contributed by atoms with Gasteiger partial charge in [0.15, 0.2) is 0 Å². The molecular weight excluding hydrogens is 482 g/mol. The van der Waals surface area contributed by atoms with Crippen molar-refractivity contribution in [2.75, 3.05) is 5.32 Å². The Balaban J connectivity index is 1.54. The van der Waals surface area contributed by atoms with Crippen LogP contribution in [0.5, 0.6) is 0 Å². The number of rotatable bonds is 4. The Kier molecular flexibility index (Phi) is 6.02. The molecular formula is C30H26ClN5O. The molecule has 1 atom stereocenters. The number of amides is 2. The van der Waals surface area contributed by atoms with E-state index in [4.69, 9.17) is 16.7 Å². The Labute approximate surface area is 220 Å². The van der Waals surface area contributed by atoms with Gasteiger partial charge in [0.1, 0.15) is 5.82 Å². The topological polar surface area (TPSA) is 55.1 Å². The number of nitrogens with zero attached hydrogens (tertiary/aromatic N) is 4. The van der Waals surface area contributed by atoms with Gasteiger partial charge in [-0.25, -0.2) is 9.48 Å². The third-order valence-corrected chi connectivity index (χ3v) is 7.03. The van der Waals surface area contributed by atoms with Crippen LogP contribution in [0.1, 0.15) is 35.5 Å². The lowest BCUT2D eigenvalue weighted by Crippen LogP contribution is -2.38. The van der Waals surface area contributed by atoms with Crippen LogP contribution >= 0.6 is 11.6 Å². The van der Waals surface area contributed by atoms with Crippen molar-refractivity contribution >= 4 is 23.3 Å². The molecule has 2 amide bonds. The fraction of sp³-hybridized carbons (Fsp3) is 0.133. The Morgan fingerprint density at radius 3 is 2.35 bits per heavy atom. The maximum atomic E-state index is 14.0. The Hall–Kier alpha value is -4.29. The van der Waals surface area contributed by atoms with Gasteiger partial charge in [-0.15, -0.1) is 0 Å². The van der Waals surface area contributed by atoms with Crippen LogP contribution < -0.4 is 5.32 Å². The summed E-state index contributed by atoms with van der Waals surface area (Å²) in [7, 11) is 0. The van der Waals surface area contributed by atoms with E-state index in [0.29, 0.717) is 17.3 Å². The number of hydrogen-bond donors (Lipinski definition) is 1. The number of hydrogen-bond acceptors (Lipinski definition) is 2. The first-order valence-corrected chi connectivity index (χ1v) is 12.7. The molecule has 6 rings (SSSR count). The van der Waals surface area contributed by atoms with Gasteiger partial charge in [0.25, 0.3) is 0 Å². The second kappa shape index (κ2) is 9.64. The lowest BCUT2D eigenvalue weighted by Gasteiger charge is -2.31. The average molecular weight is 508 g/mol. The van der Waals surface area contributed by atoms with E-state index in [1.54, 1.807) is 12.1 Å². The third kappa shape index (κ3) is 4.19. The highest BCUT2D eigenvalue weighted by molar-refractivity contribution is 6.30. The van der Waals surface area contributed by atoms with E-state index in [-0.39, 0.29) is 12.1 Å². The normalized spacial score (nSPS) is 14.5. The lowest BCUT2D eigenvalue weighted by molar-refractivity contribution is 0.194. The molecule has 1 aliphatic rings. The van der Waals surface area contributed by atoms with E-state index in [1.165, 1.54) is 0 Å². The van der Waals surface area contributed by atoms with Crippen molar-refractivity contribution < 1.29 is 4.79 Å². The van der Waals surface area contributed by atoms with Crippen LogP contribution in [-0.2, 0) is 13.0 Å². The predicted octanol–water partition coefficient (Wildman–Crippen LogP) is 7.02. The van der Waals surface area contributed by atoms with Crippen molar-refractivity contribution in [3.8, 4) is 11.5 Å². The van der Waals surface area contributed by atoms with Crippen molar-refractivity contribution in [2.24, 2.45) is 0 Å². The summed E-state index contributed by atoms with van der Waals surface area (Å²) in [6.45, 7) is 2.51. The van der Waals surface area contributed by atoms with Crippen LogP contribution in [0.15, 0.2) is 103 Å². The molecule has 0 saturated carbocycles. The fourth-order valence-electron chi connectivity index (χ4n) is 5.06. The van der Waals surface area contributed by atoms with Crippen LogP contribution in [0.2, 0.25) is 5.02 Å². The molecule has 1 N–H and O–H groups in total. The summed E-state index contributed by atoms with van der Waals surface area (Å²) in [6.07, 6.45) is 2.81. The van der Waals surface area contributed by atoms with Gasteiger partial charge in [-0.3, -0.25) is 0 Å². The molecule has 0 saturated heterocycles. The van der Waals surface area contributed by atoms with Gasteiger partial charge in [-0.1, -0.05) is 67.1 Å². The quantitative estimate of drug-likeness (QED) is 0.284. The lowest BCUT2D eigenvalue weighted by atomic mass is 10.0. The second-order valence-corrected chi connectivity index (χ2v) is 9.47. The van der Waals surface area contributed by atoms with Gasteiger partial charge < -0.3 is 14.8 Å². The summed E-state index contributed by atoms with van der Waals surface area (Å²) >= 11 is 6.07. The molecule has 2 aromatic heterocycles. The molecule has 1 aliphatic heterocycles. The number of halogens is 1. The molecule has 0 fully saturated rings. The van der Waals surface area contributed by atoms with E-state index >= 15 is 0 Å². The minimum absolute atomic E-state index is 0.189. The number of carbonyl (C=O) groups is 1. The summed E-state index contributed by atoms with van der Waals surface area (Å²) < 4.78 is 4.18. The molecule has 0 radical (unpaired) electrons. The number of fused-ring (bicyclic) bond motifs is 3. The summed E-state index contributed by atoms with van der Waals surface area (Å²) in [5, 5.41) is 8.72. The van der Waals surface area contributed by atoms with Crippen LogP contribution in [0, 0.1) is 0 Å². The maximum absolute atomic E-state index is 14.0. The van der Waals surface area contributed by atoms with Gasteiger partial charge in [0, 0.05) is 22.5 Å². The predicted molar refractivity (Wildman–Crippen MR) is 147 cm³/mol. The molecule has 6 nitrogen and oxygen atoms in total. The monoisotopic (exact) mass is 507 g/mol. The van der Waals surface area contributed by atoms with Crippen molar-refractivity contribution in [1.82, 2.24) is 19.2 Å². The summed E-state index contributed by atoms with van der Waals surface area (Å²) in [6, 6.07) is 31.1. The smallest absolute Gasteiger partial charge is 0.308 e. The van der Waals surface area contributed by atoms with Gasteiger partial charge >= 0.3 is 6.03 Å². The summed E-state index contributed by atoms with van der Waals surface area (Å²) in [4.78, 5) is 15.9. The zero-order valence-electron chi connectivity index (χ0n) is 20.4. The molecule has 3 heterocycles. The Morgan fingerprint density at radius 2 is 1.65 bits per heavy atom. The highest BCUT2D eigenvalue weighted by Crippen LogP contribution is 2.39. The zero-order chi connectivity index (χ0) is 25.4. The highest BCUT2D eigenvalue weighted by atomic mass is 35.5. The van der Waals surface area contributed by atoms with Crippen molar-refractivity contribution in [3.05, 3.63) is 131 Å². The van der Waals surface area contributed by atoms with Crippen LogP contribution in [0.25, 0.3) is 11.5 Å². The highest BCUT2D eigenvalue weighted by Gasteiger charge is 2.36. The standard InChI is InChI=1S/C30H26ClN5O/c1-2-26-25-20-35(30(37)32-23-17-15-22(31)16-18-23)28(21-10-5-3-6-11-21)27-14-9-19-34(27)29(25)36(33-26)24-12-7-4-8-13-24/h3-19,28H,2,20H2,1H3,(H,32,37). The van der Waals surface area contributed by atoms with Gasteiger partial charge in [0.05, 0.1) is 29.7 Å². The van der Waals surface area contributed by atoms with E-state index in [2.05, 4.69) is 53.3 Å². The first-order chi connectivity index (χ1) is 18.1. The number of carbonyl (C=O) groups excluding carboxylic acids is 1. The summed E-state index contributed by atoms with van der Waals surface area (Å²) in [5.74, 6) is 0.964. The molecule has 7 heteroatoms. The van der Waals surface area contributed by atoms with E-state index < -0.39 is 0 Å². The average Bonchev–Trinajstić information content (AvgIpc) is 3.52. The van der Waals surface area contributed by atoms with Crippen molar-refractivity contribution in [1.29, 1.82) is 0 Å². The molecule has 0 bridgehead atoms. The molecule has 1 unspecified atom stereocenters. The number of anilines is 1. The molecule has 184 valence electrons. The minimum Gasteiger partial charge on any atom is -0.308 e.